The smallest absolute Gasteiger partial charge is 0.406 e. The van der Waals surface area contributed by atoms with Gasteiger partial charge in [0.05, 0.1) is 5.69 Å². The Morgan fingerprint density at radius 3 is 2.40 bits per heavy atom. The van der Waals surface area contributed by atoms with Gasteiger partial charge in [0.25, 0.3) is 0 Å². The molecular formula is C13H14F3N3O. The summed E-state index contributed by atoms with van der Waals surface area (Å²) >= 11 is 0. The molecule has 0 aliphatic rings. The van der Waals surface area contributed by atoms with Gasteiger partial charge in [0, 0.05) is 25.7 Å². The van der Waals surface area contributed by atoms with Crippen molar-refractivity contribution in [2.24, 2.45) is 12.8 Å². The number of halogens is 3. The Morgan fingerprint density at radius 1 is 1.25 bits per heavy atom. The molecule has 0 bridgehead atoms. The molecule has 1 aromatic heterocycles. The van der Waals surface area contributed by atoms with E-state index in [2.05, 4.69) is 9.84 Å². The number of nitrogens with zero attached hydrogens (tertiary/aromatic N) is 2. The van der Waals surface area contributed by atoms with E-state index < -0.39 is 6.36 Å². The molecule has 0 aliphatic carbocycles. The maximum absolute atomic E-state index is 12.0. The fraction of sp³-hybridized carbons (Fsp3) is 0.308. The molecule has 7 heteroatoms. The van der Waals surface area contributed by atoms with E-state index in [4.69, 9.17) is 5.73 Å². The van der Waals surface area contributed by atoms with Crippen molar-refractivity contribution < 1.29 is 17.9 Å². The Hall–Kier alpha value is -2.02. The molecule has 0 amide bonds. The van der Waals surface area contributed by atoms with Gasteiger partial charge in [0.2, 0.25) is 0 Å². The first-order chi connectivity index (χ1) is 9.33. The molecule has 0 saturated heterocycles. The van der Waals surface area contributed by atoms with Crippen molar-refractivity contribution in [1.29, 1.82) is 0 Å². The lowest BCUT2D eigenvalue weighted by atomic mass is 10.0. The Kier molecular flexibility index (Phi) is 3.99. The fourth-order valence-corrected chi connectivity index (χ4v) is 1.83. The third-order valence-corrected chi connectivity index (χ3v) is 2.74. The van der Waals surface area contributed by atoms with Gasteiger partial charge in [-0.05, 0) is 23.8 Å². The topological polar surface area (TPSA) is 53.1 Å². The van der Waals surface area contributed by atoms with Crippen molar-refractivity contribution in [3.8, 4) is 5.75 Å². The minimum absolute atomic E-state index is 0.258. The second kappa shape index (κ2) is 5.54. The second-order valence-corrected chi connectivity index (χ2v) is 4.41. The molecule has 0 saturated carbocycles. The monoisotopic (exact) mass is 285 g/mol. The van der Waals surface area contributed by atoms with E-state index in [-0.39, 0.29) is 11.8 Å². The number of alkyl halides is 3. The van der Waals surface area contributed by atoms with E-state index in [0.29, 0.717) is 6.42 Å². The van der Waals surface area contributed by atoms with Gasteiger partial charge in [-0.2, -0.15) is 5.10 Å². The van der Waals surface area contributed by atoms with Gasteiger partial charge >= 0.3 is 6.36 Å². The molecule has 0 aliphatic heterocycles. The Bertz CT molecular complexity index is 563. The zero-order valence-electron chi connectivity index (χ0n) is 10.8. The van der Waals surface area contributed by atoms with Crippen LogP contribution in [0.3, 0.4) is 0 Å². The van der Waals surface area contributed by atoms with Gasteiger partial charge in [-0.25, -0.2) is 0 Å². The van der Waals surface area contributed by atoms with Crippen molar-refractivity contribution in [3.05, 3.63) is 47.8 Å². The van der Waals surface area contributed by atoms with Crippen LogP contribution in [0.15, 0.2) is 36.5 Å². The summed E-state index contributed by atoms with van der Waals surface area (Å²) in [5.41, 5.74) is 7.56. The van der Waals surface area contributed by atoms with Gasteiger partial charge in [-0.1, -0.05) is 12.1 Å². The first-order valence-electron chi connectivity index (χ1n) is 5.93. The summed E-state index contributed by atoms with van der Waals surface area (Å²) < 4.78 is 41.6. The van der Waals surface area contributed by atoms with E-state index >= 15 is 0 Å². The standard InChI is InChI=1S/C13H14F3N3O/c1-19-7-6-10(18-19)8-12(17)9-2-4-11(5-3-9)20-13(14,15)16/h2-7,12H,8,17H2,1H3. The maximum Gasteiger partial charge on any atom is 0.573 e. The van der Waals surface area contributed by atoms with Crippen LogP contribution in [0, 0.1) is 0 Å². The summed E-state index contributed by atoms with van der Waals surface area (Å²) in [6, 6.07) is 7.07. The summed E-state index contributed by atoms with van der Waals surface area (Å²) in [4.78, 5) is 0. The first-order valence-corrected chi connectivity index (χ1v) is 5.93. The van der Waals surface area contributed by atoms with Crippen LogP contribution >= 0.6 is 0 Å². The molecule has 1 atom stereocenters. The van der Waals surface area contributed by atoms with Gasteiger partial charge < -0.3 is 10.5 Å². The highest BCUT2D eigenvalue weighted by atomic mass is 19.4. The second-order valence-electron chi connectivity index (χ2n) is 4.41. The zero-order valence-corrected chi connectivity index (χ0v) is 10.8. The molecule has 0 radical (unpaired) electrons. The van der Waals surface area contributed by atoms with E-state index in [1.807, 2.05) is 12.3 Å². The van der Waals surface area contributed by atoms with Crippen molar-refractivity contribution in [2.45, 2.75) is 18.8 Å². The number of benzene rings is 1. The summed E-state index contributed by atoms with van der Waals surface area (Å²) in [5, 5.41) is 4.21. The Balaban J connectivity index is 2.02. The van der Waals surface area contributed by atoms with Crippen LogP contribution in [0.4, 0.5) is 13.2 Å². The predicted molar refractivity (Wildman–Crippen MR) is 67.0 cm³/mol. The Morgan fingerprint density at radius 2 is 1.90 bits per heavy atom. The molecule has 2 aromatic rings. The molecule has 4 nitrogen and oxygen atoms in total. The van der Waals surface area contributed by atoms with Crippen LogP contribution in [0.1, 0.15) is 17.3 Å². The number of hydrogen-bond donors (Lipinski definition) is 1. The number of hydrogen-bond acceptors (Lipinski definition) is 3. The molecule has 20 heavy (non-hydrogen) atoms. The van der Waals surface area contributed by atoms with Crippen LogP contribution in [-0.2, 0) is 13.5 Å². The molecule has 1 aromatic carbocycles. The molecule has 0 spiro atoms. The molecule has 1 unspecified atom stereocenters. The average molecular weight is 285 g/mol. The highest BCUT2D eigenvalue weighted by Crippen LogP contribution is 2.24. The third kappa shape index (κ3) is 3.99. The number of ether oxygens (including phenoxy) is 1. The molecule has 108 valence electrons. The quantitative estimate of drug-likeness (QED) is 0.939. The molecule has 2 N–H and O–H groups in total. The summed E-state index contributed by atoms with van der Waals surface area (Å²) in [5.74, 6) is -0.258. The van der Waals surface area contributed by atoms with E-state index in [1.165, 1.54) is 24.3 Å². The average Bonchev–Trinajstić information content (AvgIpc) is 2.73. The van der Waals surface area contributed by atoms with Gasteiger partial charge in [0.15, 0.2) is 0 Å². The van der Waals surface area contributed by atoms with Crippen LogP contribution in [0.5, 0.6) is 5.75 Å². The SMILES string of the molecule is Cn1ccc(CC(N)c2ccc(OC(F)(F)F)cc2)n1. The lowest BCUT2D eigenvalue weighted by molar-refractivity contribution is -0.274. The van der Waals surface area contributed by atoms with Gasteiger partial charge in [-0.3, -0.25) is 4.68 Å². The minimum Gasteiger partial charge on any atom is -0.406 e. The minimum atomic E-state index is -4.68. The van der Waals surface area contributed by atoms with Crippen molar-refractivity contribution >= 4 is 0 Å². The molecule has 1 heterocycles. The lowest BCUT2D eigenvalue weighted by Crippen LogP contribution is -2.17. The van der Waals surface area contributed by atoms with Gasteiger partial charge in [0.1, 0.15) is 5.75 Å². The summed E-state index contributed by atoms with van der Waals surface area (Å²) in [7, 11) is 1.80. The van der Waals surface area contributed by atoms with Gasteiger partial charge in [-0.15, -0.1) is 13.2 Å². The largest absolute Gasteiger partial charge is 0.573 e. The van der Waals surface area contributed by atoms with Crippen LogP contribution in [0.2, 0.25) is 0 Å². The third-order valence-electron chi connectivity index (χ3n) is 2.74. The van der Waals surface area contributed by atoms with E-state index in [0.717, 1.165) is 11.3 Å². The van der Waals surface area contributed by atoms with E-state index in [1.54, 1.807) is 11.7 Å². The van der Waals surface area contributed by atoms with Crippen molar-refractivity contribution in [3.63, 3.8) is 0 Å². The van der Waals surface area contributed by atoms with Crippen molar-refractivity contribution in [2.75, 3.05) is 0 Å². The van der Waals surface area contributed by atoms with Crippen LogP contribution in [0.25, 0.3) is 0 Å². The summed E-state index contributed by atoms with van der Waals surface area (Å²) in [6.07, 6.45) is -2.36. The molecule has 0 fully saturated rings. The Labute approximate surface area is 114 Å². The summed E-state index contributed by atoms with van der Waals surface area (Å²) in [6.45, 7) is 0. The number of aryl methyl sites for hydroxylation is 1. The predicted octanol–water partition coefficient (Wildman–Crippen LogP) is 2.56. The molecule has 2 rings (SSSR count). The van der Waals surface area contributed by atoms with Crippen LogP contribution < -0.4 is 10.5 Å². The highest BCUT2D eigenvalue weighted by Gasteiger charge is 2.31. The lowest BCUT2D eigenvalue weighted by Gasteiger charge is -2.12. The van der Waals surface area contributed by atoms with E-state index in [9.17, 15) is 13.2 Å². The first kappa shape index (κ1) is 14.4. The molecular weight excluding hydrogens is 271 g/mol. The number of rotatable bonds is 4. The van der Waals surface area contributed by atoms with Crippen LogP contribution in [-0.4, -0.2) is 16.1 Å². The number of nitrogens with two attached hydrogens (primary N) is 1. The van der Waals surface area contributed by atoms with Crippen molar-refractivity contribution in [1.82, 2.24) is 9.78 Å². The zero-order chi connectivity index (χ0) is 14.8. The fourth-order valence-electron chi connectivity index (χ4n) is 1.83. The normalized spacial score (nSPS) is 13.2. The maximum atomic E-state index is 12.0. The number of aromatic nitrogens is 2. The highest BCUT2D eigenvalue weighted by molar-refractivity contribution is 5.29.